The molecule has 1 aromatic rings. The maximum absolute atomic E-state index is 5.69. The summed E-state index contributed by atoms with van der Waals surface area (Å²) >= 11 is 5.05. The normalized spacial score (nSPS) is 12.9. The summed E-state index contributed by atoms with van der Waals surface area (Å²) in [6.45, 7) is 11.6. The molecule has 1 atom stereocenters. The van der Waals surface area contributed by atoms with Crippen LogP contribution in [0.3, 0.4) is 0 Å². The number of nitrogens with zero attached hydrogens (tertiary/aromatic N) is 1. The summed E-state index contributed by atoms with van der Waals surface area (Å²) in [4.78, 5) is 2.99. The highest BCUT2D eigenvalue weighted by Gasteiger charge is 2.11. The predicted octanol–water partition coefficient (Wildman–Crippen LogP) is 3.55. The Bertz CT molecular complexity index is 398. The molecule has 0 aromatic heterocycles. The molecule has 0 saturated carbocycles. The number of thiocarbonyl (C=S) groups is 1. The van der Waals surface area contributed by atoms with Gasteiger partial charge in [-0.3, -0.25) is 4.90 Å². The van der Waals surface area contributed by atoms with Crippen LogP contribution in [0.2, 0.25) is 0 Å². The van der Waals surface area contributed by atoms with Crippen molar-refractivity contribution >= 4 is 17.2 Å². The Hall–Kier alpha value is -0.930. The summed E-state index contributed by atoms with van der Waals surface area (Å²) in [5, 5.41) is 0. The van der Waals surface area contributed by atoms with Crippen LogP contribution in [-0.4, -0.2) is 23.0 Å². The minimum atomic E-state index is 0.268. The standard InChI is InChI=1S/C16H26N2S/c1-5-18(10-13(4)16(17)19)11-14-6-8-15(9-7-14)12(2)3/h6-9,12-13H,5,10-11H2,1-4H3,(H2,17,19). The molecule has 19 heavy (non-hydrogen) atoms. The van der Waals surface area contributed by atoms with Crippen LogP contribution in [0.5, 0.6) is 0 Å². The Morgan fingerprint density at radius 3 is 2.21 bits per heavy atom. The highest BCUT2D eigenvalue weighted by atomic mass is 32.1. The molecule has 0 aliphatic rings. The quantitative estimate of drug-likeness (QED) is 0.773. The SMILES string of the molecule is CCN(Cc1ccc(C(C)C)cc1)CC(C)C(N)=S. The molecule has 0 saturated heterocycles. The molecule has 0 aliphatic carbocycles. The van der Waals surface area contributed by atoms with Gasteiger partial charge in [-0.25, -0.2) is 0 Å². The zero-order valence-electron chi connectivity index (χ0n) is 12.5. The Morgan fingerprint density at radius 2 is 1.79 bits per heavy atom. The number of nitrogens with two attached hydrogens (primary N) is 1. The Labute approximate surface area is 123 Å². The monoisotopic (exact) mass is 278 g/mol. The maximum Gasteiger partial charge on any atom is 0.0768 e. The van der Waals surface area contributed by atoms with Crippen LogP contribution in [0.4, 0.5) is 0 Å². The van der Waals surface area contributed by atoms with E-state index < -0.39 is 0 Å². The summed E-state index contributed by atoms with van der Waals surface area (Å²) in [5.41, 5.74) is 8.43. The van der Waals surface area contributed by atoms with Crippen LogP contribution in [0.15, 0.2) is 24.3 Å². The average Bonchev–Trinajstić information content (AvgIpc) is 2.38. The van der Waals surface area contributed by atoms with Gasteiger partial charge in [-0.05, 0) is 23.6 Å². The van der Waals surface area contributed by atoms with E-state index in [0.717, 1.165) is 19.6 Å². The predicted molar refractivity (Wildman–Crippen MR) is 87.4 cm³/mol. The molecule has 0 fully saturated rings. The minimum absolute atomic E-state index is 0.268. The lowest BCUT2D eigenvalue weighted by Crippen LogP contribution is -2.33. The van der Waals surface area contributed by atoms with E-state index in [1.165, 1.54) is 11.1 Å². The van der Waals surface area contributed by atoms with Crippen molar-refractivity contribution in [2.24, 2.45) is 11.7 Å². The average molecular weight is 278 g/mol. The number of benzene rings is 1. The van der Waals surface area contributed by atoms with Crippen molar-refractivity contribution in [2.45, 2.75) is 40.2 Å². The summed E-state index contributed by atoms with van der Waals surface area (Å²) < 4.78 is 0. The molecular weight excluding hydrogens is 252 g/mol. The fraction of sp³-hybridized carbons (Fsp3) is 0.562. The van der Waals surface area contributed by atoms with Crippen molar-refractivity contribution in [3.05, 3.63) is 35.4 Å². The fourth-order valence-corrected chi connectivity index (χ4v) is 2.12. The molecule has 0 radical (unpaired) electrons. The second kappa shape index (κ2) is 7.61. The van der Waals surface area contributed by atoms with Crippen molar-refractivity contribution in [3.63, 3.8) is 0 Å². The Morgan fingerprint density at radius 1 is 1.21 bits per heavy atom. The number of rotatable bonds is 7. The second-order valence-electron chi connectivity index (χ2n) is 5.53. The molecule has 3 heteroatoms. The molecule has 0 amide bonds. The first kappa shape index (κ1) is 16.1. The lowest BCUT2D eigenvalue weighted by Gasteiger charge is -2.24. The van der Waals surface area contributed by atoms with Gasteiger partial charge in [0.2, 0.25) is 0 Å². The molecule has 0 heterocycles. The van der Waals surface area contributed by atoms with E-state index in [-0.39, 0.29) is 5.92 Å². The van der Waals surface area contributed by atoms with Gasteiger partial charge >= 0.3 is 0 Å². The summed E-state index contributed by atoms with van der Waals surface area (Å²) in [6, 6.07) is 8.91. The third-order valence-electron chi connectivity index (χ3n) is 3.52. The van der Waals surface area contributed by atoms with Gasteiger partial charge in [0, 0.05) is 19.0 Å². The second-order valence-corrected chi connectivity index (χ2v) is 6.00. The first-order chi connectivity index (χ1) is 8.93. The third kappa shape index (κ3) is 5.29. The Balaban J connectivity index is 2.62. The van der Waals surface area contributed by atoms with Crippen molar-refractivity contribution in [1.29, 1.82) is 0 Å². The van der Waals surface area contributed by atoms with E-state index in [2.05, 4.69) is 56.9 Å². The van der Waals surface area contributed by atoms with Gasteiger partial charge in [-0.1, -0.05) is 64.2 Å². The van der Waals surface area contributed by atoms with Crippen molar-refractivity contribution < 1.29 is 0 Å². The molecule has 1 rings (SSSR count). The van der Waals surface area contributed by atoms with E-state index in [9.17, 15) is 0 Å². The van der Waals surface area contributed by atoms with Crippen molar-refractivity contribution in [1.82, 2.24) is 4.90 Å². The molecule has 106 valence electrons. The topological polar surface area (TPSA) is 29.3 Å². The van der Waals surface area contributed by atoms with E-state index in [4.69, 9.17) is 18.0 Å². The van der Waals surface area contributed by atoms with Crippen LogP contribution in [-0.2, 0) is 6.54 Å². The molecular formula is C16H26N2S. The van der Waals surface area contributed by atoms with Gasteiger partial charge in [0.05, 0.1) is 4.99 Å². The van der Waals surface area contributed by atoms with Gasteiger partial charge < -0.3 is 5.73 Å². The first-order valence-electron chi connectivity index (χ1n) is 7.04. The number of hydrogen-bond donors (Lipinski definition) is 1. The van der Waals surface area contributed by atoms with Crippen LogP contribution in [0.1, 0.15) is 44.7 Å². The van der Waals surface area contributed by atoms with Crippen LogP contribution in [0, 0.1) is 5.92 Å². The fourth-order valence-electron chi connectivity index (χ4n) is 2.05. The van der Waals surface area contributed by atoms with E-state index in [0.29, 0.717) is 10.9 Å². The van der Waals surface area contributed by atoms with Crippen LogP contribution >= 0.6 is 12.2 Å². The molecule has 1 unspecified atom stereocenters. The third-order valence-corrected chi connectivity index (χ3v) is 3.92. The molecule has 2 nitrogen and oxygen atoms in total. The van der Waals surface area contributed by atoms with E-state index in [1.807, 2.05) is 0 Å². The molecule has 2 N–H and O–H groups in total. The smallest absolute Gasteiger partial charge is 0.0768 e. The summed E-state index contributed by atoms with van der Waals surface area (Å²) in [5.74, 6) is 0.857. The zero-order valence-corrected chi connectivity index (χ0v) is 13.3. The number of hydrogen-bond acceptors (Lipinski definition) is 2. The Kier molecular flexibility index (Phi) is 6.46. The maximum atomic E-state index is 5.69. The molecule has 1 aromatic carbocycles. The molecule has 0 bridgehead atoms. The highest BCUT2D eigenvalue weighted by molar-refractivity contribution is 7.80. The van der Waals surface area contributed by atoms with E-state index in [1.54, 1.807) is 0 Å². The summed E-state index contributed by atoms with van der Waals surface area (Å²) in [6.07, 6.45) is 0. The van der Waals surface area contributed by atoms with Crippen molar-refractivity contribution in [2.75, 3.05) is 13.1 Å². The molecule has 0 aliphatic heterocycles. The minimum Gasteiger partial charge on any atom is -0.393 e. The van der Waals surface area contributed by atoms with Crippen LogP contribution < -0.4 is 5.73 Å². The zero-order chi connectivity index (χ0) is 14.4. The van der Waals surface area contributed by atoms with Crippen molar-refractivity contribution in [3.8, 4) is 0 Å². The molecule has 0 spiro atoms. The largest absolute Gasteiger partial charge is 0.393 e. The van der Waals surface area contributed by atoms with Gasteiger partial charge in [0.25, 0.3) is 0 Å². The first-order valence-corrected chi connectivity index (χ1v) is 7.45. The van der Waals surface area contributed by atoms with Gasteiger partial charge in [0.15, 0.2) is 0 Å². The summed E-state index contributed by atoms with van der Waals surface area (Å²) in [7, 11) is 0. The van der Waals surface area contributed by atoms with E-state index >= 15 is 0 Å². The highest BCUT2D eigenvalue weighted by Crippen LogP contribution is 2.16. The van der Waals surface area contributed by atoms with Gasteiger partial charge in [0.1, 0.15) is 0 Å². The lowest BCUT2D eigenvalue weighted by molar-refractivity contribution is 0.264. The van der Waals surface area contributed by atoms with Gasteiger partial charge in [-0.15, -0.1) is 0 Å². The lowest BCUT2D eigenvalue weighted by atomic mass is 10.0. The van der Waals surface area contributed by atoms with Gasteiger partial charge in [-0.2, -0.15) is 0 Å². The van der Waals surface area contributed by atoms with Crippen LogP contribution in [0.25, 0.3) is 0 Å².